The number of aromatic nitrogens is 2. The van der Waals surface area contributed by atoms with Crippen LogP contribution >= 0.6 is 11.6 Å². The lowest BCUT2D eigenvalue weighted by atomic mass is 9.96. The molecule has 0 atom stereocenters. The van der Waals surface area contributed by atoms with Crippen LogP contribution in [0, 0.1) is 6.92 Å². The fourth-order valence-electron chi connectivity index (χ4n) is 4.86. The van der Waals surface area contributed by atoms with Crippen molar-refractivity contribution >= 4 is 17.5 Å². The van der Waals surface area contributed by atoms with E-state index in [1.807, 2.05) is 31.2 Å². The van der Waals surface area contributed by atoms with Crippen molar-refractivity contribution in [3.63, 3.8) is 0 Å². The van der Waals surface area contributed by atoms with Gasteiger partial charge in [0.2, 0.25) is 5.95 Å². The van der Waals surface area contributed by atoms with Crippen LogP contribution in [0.5, 0.6) is 0 Å². The Balaban J connectivity index is 1.33. The first-order valence-corrected chi connectivity index (χ1v) is 12.4. The molecule has 3 aromatic carbocycles. The zero-order valence-corrected chi connectivity index (χ0v) is 20.6. The normalized spacial score (nSPS) is 14.4. The van der Waals surface area contributed by atoms with E-state index in [1.54, 1.807) is 0 Å². The van der Waals surface area contributed by atoms with E-state index in [2.05, 4.69) is 75.4 Å². The molecule has 6 heteroatoms. The molecule has 0 aliphatic carbocycles. The van der Waals surface area contributed by atoms with Crippen molar-refractivity contribution in [1.29, 1.82) is 0 Å². The van der Waals surface area contributed by atoms with Crippen molar-refractivity contribution in [2.75, 3.05) is 31.1 Å². The third kappa shape index (κ3) is 5.16. The summed E-state index contributed by atoms with van der Waals surface area (Å²) in [6.45, 7) is 5.24. The number of benzene rings is 3. The molecule has 0 bridgehead atoms. The zero-order chi connectivity index (χ0) is 24.2. The Kier molecular flexibility index (Phi) is 6.98. The number of piperazine rings is 1. The van der Waals surface area contributed by atoms with E-state index in [1.165, 1.54) is 11.1 Å². The second-order valence-electron chi connectivity index (χ2n) is 8.97. The molecule has 1 aliphatic rings. The van der Waals surface area contributed by atoms with Crippen LogP contribution in [0.2, 0.25) is 5.02 Å². The lowest BCUT2D eigenvalue weighted by Crippen LogP contribution is -2.48. The molecule has 4 aromatic rings. The van der Waals surface area contributed by atoms with Gasteiger partial charge in [0.05, 0.1) is 11.7 Å². The van der Waals surface area contributed by atoms with E-state index in [0.29, 0.717) is 23.0 Å². The molecule has 1 aliphatic heterocycles. The van der Waals surface area contributed by atoms with Gasteiger partial charge in [-0.2, -0.15) is 0 Å². The van der Waals surface area contributed by atoms with Gasteiger partial charge in [-0.3, -0.25) is 14.7 Å². The van der Waals surface area contributed by atoms with Gasteiger partial charge < -0.3 is 4.90 Å². The van der Waals surface area contributed by atoms with Crippen LogP contribution in [0.25, 0.3) is 0 Å². The molecule has 1 saturated heterocycles. The highest BCUT2D eigenvalue weighted by Gasteiger charge is 2.27. The summed E-state index contributed by atoms with van der Waals surface area (Å²) in [5, 5.41) is 0.665. The Labute approximate surface area is 211 Å². The minimum Gasteiger partial charge on any atom is -0.340 e. The number of aryl methyl sites for hydroxylation is 1. The second-order valence-corrected chi connectivity index (χ2v) is 9.38. The predicted molar refractivity (Wildman–Crippen MR) is 142 cm³/mol. The summed E-state index contributed by atoms with van der Waals surface area (Å²) in [5.74, 6) is 0.644. The van der Waals surface area contributed by atoms with Gasteiger partial charge in [0, 0.05) is 43.2 Å². The predicted octanol–water partition coefficient (Wildman–Crippen LogP) is 5.23. The number of halogens is 1. The molecule has 5 rings (SSSR count). The highest BCUT2D eigenvalue weighted by Crippen LogP contribution is 2.30. The van der Waals surface area contributed by atoms with Gasteiger partial charge >= 0.3 is 0 Å². The summed E-state index contributed by atoms with van der Waals surface area (Å²) >= 11 is 6.31. The third-order valence-electron chi connectivity index (χ3n) is 6.74. The second kappa shape index (κ2) is 10.5. The number of anilines is 1. The molecule has 0 spiro atoms. The summed E-state index contributed by atoms with van der Waals surface area (Å²) in [4.78, 5) is 25.5. The quantitative estimate of drug-likeness (QED) is 0.407. The van der Waals surface area contributed by atoms with Crippen molar-refractivity contribution in [3.05, 3.63) is 128 Å². The smallest absolute Gasteiger partial charge is 0.256 e. The monoisotopic (exact) mass is 484 g/mol. The topological polar surface area (TPSA) is 52.2 Å². The Morgan fingerprint density at radius 3 is 2.00 bits per heavy atom. The minimum atomic E-state index is -0.0960. The molecule has 0 radical (unpaired) electrons. The van der Waals surface area contributed by atoms with Crippen LogP contribution in [0.1, 0.15) is 34.0 Å². The molecular formula is C29H29ClN4O. The Hall–Kier alpha value is -3.41. The highest BCUT2D eigenvalue weighted by atomic mass is 35.5. The largest absolute Gasteiger partial charge is 0.340 e. The maximum absolute atomic E-state index is 13.0. The molecule has 0 amide bonds. The van der Waals surface area contributed by atoms with Crippen molar-refractivity contribution < 1.29 is 0 Å². The minimum absolute atomic E-state index is 0.0960. The van der Waals surface area contributed by atoms with Crippen molar-refractivity contribution in [1.82, 2.24) is 14.9 Å². The summed E-state index contributed by atoms with van der Waals surface area (Å²) in [6.07, 6.45) is 0.470. The van der Waals surface area contributed by atoms with E-state index in [0.717, 1.165) is 37.4 Å². The number of H-pyrrole nitrogens is 1. The van der Waals surface area contributed by atoms with Crippen LogP contribution in [0.3, 0.4) is 0 Å². The Morgan fingerprint density at radius 2 is 1.43 bits per heavy atom. The highest BCUT2D eigenvalue weighted by molar-refractivity contribution is 6.31. The summed E-state index contributed by atoms with van der Waals surface area (Å²) in [5.41, 5.74) is 4.82. The van der Waals surface area contributed by atoms with E-state index < -0.39 is 0 Å². The summed E-state index contributed by atoms with van der Waals surface area (Å²) in [6, 6.07) is 29.1. The van der Waals surface area contributed by atoms with Gasteiger partial charge in [0.15, 0.2) is 0 Å². The van der Waals surface area contributed by atoms with E-state index >= 15 is 0 Å². The molecular weight excluding hydrogens is 456 g/mol. The van der Waals surface area contributed by atoms with Crippen molar-refractivity contribution in [2.45, 2.75) is 19.4 Å². The molecule has 178 valence electrons. The summed E-state index contributed by atoms with van der Waals surface area (Å²) < 4.78 is 0. The van der Waals surface area contributed by atoms with Gasteiger partial charge in [-0.1, -0.05) is 90.5 Å². The maximum atomic E-state index is 13.0. The van der Waals surface area contributed by atoms with Crippen LogP contribution in [-0.4, -0.2) is 41.0 Å². The number of aromatic amines is 1. The number of hydrogen-bond donors (Lipinski definition) is 1. The van der Waals surface area contributed by atoms with Gasteiger partial charge in [-0.15, -0.1) is 0 Å². The molecule has 2 heterocycles. The lowest BCUT2D eigenvalue weighted by molar-refractivity contribution is 0.211. The SMILES string of the molecule is Cc1nc(N2CCN(C(c3ccccc3)c3ccccc3)CC2)[nH]c(=O)c1Cc1ccccc1Cl. The fraction of sp³-hybridized carbons (Fsp3) is 0.241. The maximum Gasteiger partial charge on any atom is 0.256 e. The molecule has 0 saturated carbocycles. The molecule has 1 aromatic heterocycles. The van der Waals surface area contributed by atoms with Crippen LogP contribution < -0.4 is 10.5 Å². The van der Waals surface area contributed by atoms with Crippen LogP contribution in [0.15, 0.2) is 89.7 Å². The van der Waals surface area contributed by atoms with Crippen molar-refractivity contribution in [2.24, 2.45) is 0 Å². The first kappa shape index (κ1) is 23.3. The average molecular weight is 485 g/mol. The number of nitrogens with one attached hydrogen (secondary N) is 1. The lowest BCUT2D eigenvalue weighted by Gasteiger charge is -2.40. The molecule has 0 unspecified atom stereocenters. The zero-order valence-electron chi connectivity index (χ0n) is 19.8. The first-order valence-electron chi connectivity index (χ1n) is 12.0. The fourth-order valence-corrected chi connectivity index (χ4v) is 5.06. The molecule has 1 fully saturated rings. The van der Waals surface area contributed by atoms with Crippen molar-refractivity contribution in [3.8, 4) is 0 Å². The van der Waals surface area contributed by atoms with Gasteiger partial charge in [0.1, 0.15) is 0 Å². The third-order valence-corrected chi connectivity index (χ3v) is 7.11. The first-order chi connectivity index (χ1) is 17.1. The molecule has 1 N–H and O–H groups in total. The Morgan fingerprint density at radius 1 is 0.857 bits per heavy atom. The van der Waals surface area contributed by atoms with E-state index in [9.17, 15) is 4.79 Å². The molecule has 35 heavy (non-hydrogen) atoms. The van der Waals surface area contributed by atoms with E-state index in [-0.39, 0.29) is 11.6 Å². The van der Waals surface area contributed by atoms with Gasteiger partial charge in [-0.25, -0.2) is 4.98 Å². The van der Waals surface area contributed by atoms with Gasteiger partial charge in [0.25, 0.3) is 5.56 Å². The van der Waals surface area contributed by atoms with Gasteiger partial charge in [-0.05, 0) is 29.7 Å². The van der Waals surface area contributed by atoms with Crippen LogP contribution in [0.4, 0.5) is 5.95 Å². The van der Waals surface area contributed by atoms with Crippen LogP contribution in [-0.2, 0) is 6.42 Å². The summed E-state index contributed by atoms with van der Waals surface area (Å²) in [7, 11) is 0. The number of rotatable bonds is 6. The number of nitrogens with zero attached hydrogens (tertiary/aromatic N) is 3. The standard InChI is InChI=1S/C29H29ClN4O/c1-21-25(20-24-14-8-9-15-26(24)30)28(35)32-29(31-21)34-18-16-33(17-19-34)27(22-10-4-2-5-11-22)23-12-6-3-7-13-23/h2-15,27H,16-20H2,1H3,(H,31,32,35). The number of hydrogen-bond acceptors (Lipinski definition) is 4. The average Bonchev–Trinajstić information content (AvgIpc) is 2.89. The molecule has 5 nitrogen and oxygen atoms in total. The van der Waals surface area contributed by atoms with E-state index in [4.69, 9.17) is 16.6 Å². The Bertz CT molecular complexity index is 1290.